The first-order chi connectivity index (χ1) is 8.81. The van der Waals surface area contributed by atoms with E-state index in [1.54, 1.807) is 0 Å². The molecule has 0 aliphatic carbocycles. The summed E-state index contributed by atoms with van der Waals surface area (Å²) in [5.74, 6) is -1.84. The summed E-state index contributed by atoms with van der Waals surface area (Å²) in [6.45, 7) is 3.58. The fraction of sp³-hybridized carbons (Fsp3) is 0.545. The van der Waals surface area contributed by atoms with Gasteiger partial charge in [0.2, 0.25) is 6.10 Å². The highest BCUT2D eigenvalue weighted by Crippen LogP contribution is 2.28. The minimum absolute atomic E-state index is 0.0374. The summed E-state index contributed by atoms with van der Waals surface area (Å²) >= 11 is 3.13. The Morgan fingerprint density at radius 3 is 2.16 bits per heavy atom. The lowest BCUT2D eigenvalue weighted by Crippen LogP contribution is -2.45. The van der Waals surface area contributed by atoms with Gasteiger partial charge in [0.1, 0.15) is 6.26 Å². The van der Waals surface area contributed by atoms with E-state index in [-0.39, 0.29) is 5.76 Å². The second-order valence-electron chi connectivity index (χ2n) is 3.71. The van der Waals surface area contributed by atoms with E-state index in [0.717, 1.165) is 6.26 Å². The SMILES string of the molecule is CC(=O)OC1=COC(Br)C(OC(C)=O)C1OC(C)=O. The van der Waals surface area contributed by atoms with Crippen LogP contribution in [0.4, 0.5) is 0 Å². The monoisotopic (exact) mass is 336 g/mol. The van der Waals surface area contributed by atoms with Crippen molar-refractivity contribution in [3.8, 4) is 0 Å². The number of carbonyl (C=O) groups is 3. The second kappa shape index (κ2) is 6.55. The van der Waals surface area contributed by atoms with Crippen LogP contribution < -0.4 is 0 Å². The lowest BCUT2D eigenvalue weighted by molar-refractivity contribution is -0.175. The zero-order chi connectivity index (χ0) is 14.6. The van der Waals surface area contributed by atoms with Crippen molar-refractivity contribution in [2.45, 2.75) is 38.0 Å². The number of hydrogen-bond acceptors (Lipinski definition) is 7. The van der Waals surface area contributed by atoms with Crippen LogP contribution in [0.2, 0.25) is 0 Å². The zero-order valence-corrected chi connectivity index (χ0v) is 12.1. The van der Waals surface area contributed by atoms with Gasteiger partial charge in [-0.1, -0.05) is 0 Å². The van der Waals surface area contributed by atoms with Crippen LogP contribution in [0.1, 0.15) is 20.8 Å². The van der Waals surface area contributed by atoms with Gasteiger partial charge in [-0.25, -0.2) is 0 Å². The summed E-state index contributed by atoms with van der Waals surface area (Å²) in [5, 5.41) is -0.722. The van der Waals surface area contributed by atoms with E-state index in [9.17, 15) is 14.4 Å². The molecule has 8 heteroatoms. The molecular weight excluding hydrogens is 324 g/mol. The van der Waals surface area contributed by atoms with Gasteiger partial charge in [0.05, 0.1) is 0 Å². The molecule has 1 aliphatic heterocycles. The minimum Gasteiger partial charge on any atom is -0.479 e. The first kappa shape index (κ1) is 15.5. The number of hydrogen-bond donors (Lipinski definition) is 0. The van der Waals surface area contributed by atoms with Gasteiger partial charge in [-0.2, -0.15) is 0 Å². The standard InChI is InChI=1S/C11H13BrO7/c1-5(13)17-8-4-16-11(12)10(19-7(3)15)9(8)18-6(2)14/h4,9-11H,1-3H3. The van der Waals surface area contributed by atoms with Crippen LogP contribution in [0.5, 0.6) is 0 Å². The number of rotatable bonds is 3. The fourth-order valence-electron chi connectivity index (χ4n) is 1.43. The van der Waals surface area contributed by atoms with Gasteiger partial charge in [0, 0.05) is 20.8 Å². The Hall–Kier alpha value is -1.57. The first-order valence-corrected chi connectivity index (χ1v) is 6.25. The number of esters is 3. The molecule has 106 valence electrons. The molecule has 3 unspecified atom stereocenters. The topological polar surface area (TPSA) is 88.1 Å². The smallest absolute Gasteiger partial charge is 0.307 e. The largest absolute Gasteiger partial charge is 0.479 e. The van der Waals surface area contributed by atoms with E-state index in [1.807, 2.05) is 0 Å². The number of halogens is 1. The van der Waals surface area contributed by atoms with Crippen molar-refractivity contribution in [2.75, 3.05) is 0 Å². The molecule has 1 rings (SSSR count). The first-order valence-electron chi connectivity index (χ1n) is 5.33. The maximum absolute atomic E-state index is 11.1. The van der Waals surface area contributed by atoms with Crippen molar-refractivity contribution in [3.63, 3.8) is 0 Å². The lowest BCUT2D eigenvalue weighted by atomic mass is 10.1. The van der Waals surface area contributed by atoms with Gasteiger partial charge in [0.25, 0.3) is 0 Å². The highest BCUT2D eigenvalue weighted by Gasteiger charge is 2.42. The minimum atomic E-state index is -1.05. The van der Waals surface area contributed by atoms with E-state index in [1.165, 1.54) is 20.8 Å². The zero-order valence-electron chi connectivity index (χ0n) is 10.5. The van der Waals surface area contributed by atoms with E-state index < -0.39 is 35.1 Å². The predicted octanol–water partition coefficient (Wildman–Crippen LogP) is 1.01. The van der Waals surface area contributed by atoms with Gasteiger partial charge in [-0.3, -0.25) is 14.4 Å². The molecule has 0 aromatic rings. The summed E-state index contributed by atoms with van der Waals surface area (Å²) in [5.41, 5.74) is 0. The molecule has 0 bridgehead atoms. The molecule has 0 radical (unpaired) electrons. The Kier molecular flexibility index (Phi) is 5.34. The average molecular weight is 337 g/mol. The molecule has 0 saturated carbocycles. The molecule has 19 heavy (non-hydrogen) atoms. The predicted molar refractivity (Wildman–Crippen MR) is 64.8 cm³/mol. The van der Waals surface area contributed by atoms with Crippen molar-refractivity contribution in [1.29, 1.82) is 0 Å². The van der Waals surface area contributed by atoms with Gasteiger partial charge >= 0.3 is 17.9 Å². The molecule has 0 aromatic carbocycles. The van der Waals surface area contributed by atoms with Gasteiger partial charge in [0.15, 0.2) is 16.9 Å². The van der Waals surface area contributed by atoms with Crippen molar-refractivity contribution in [1.82, 2.24) is 0 Å². The van der Waals surface area contributed by atoms with Crippen molar-refractivity contribution in [2.24, 2.45) is 0 Å². The Labute approximate surface area is 117 Å². The molecule has 0 fully saturated rings. The maximum atomic E-state index is 11.1. The molecule has 3 atom stereocenters. The van der Waals surface area contributed by atoms with E-state index in [4.69, 9.17) is 18.9 Å². The Morgan fingerprint density at radius 1 is 1.11 bits per heavy atom. The van der Waals surface area contributed by atoms with Crippen LogP contribution in [0.15, 0.2) is 12.0 Å². The summed E-state index contributed by atoms with van der Waals surface area (Å²) in [7, 11) is 0. The molecular formula is C11H13BrO7. The Morgan fingerprint density at radius 2 is 1.68 bits per heavy atom. The third kappa shape index (κ3) is 4.55. The van der Waals surface area contributed by atoms with Crippen LogP contribution >= 0.6 is 15.9 Å². The summed E-state index contributed by atoms with van der Waals surface area (Å²) in [6.07, 6.45) is -0.877. The fourth-order valence-corrected chi connectivity index (χ4v) is 1.93. The Balaban J connectivity index is 2.99. The molecule has 0 aromatic heterocycles. The van der Waals surface area contributed by atoms with Gasteiger partial charge in [-0.05, 0) is 15.9 Å². The number of carbonyl (C=O) groups excluding carboxylic acids is 3. The quantitative estimate of drug-likeness (QED) is 0.431. The summed E-state index contributed by atoms with van der Waals surface area (Å²) in [6, 6.07) is 0. The summed E-state index contributed by atoms with van der Waals surface area (Å²) < 4.78 is 20.0. The van der Waals surface area contributed by atoms with Gasteiger partial charge in [-0.15, -0.1) is 0 Å². The van der Waals surface area contributed by atoms with Crippen LogP contribution in [0.3, 0.4) is 0 Å². The second-order valence-corrected chi connectivity index (χ2v) is 4.61. The molecule has 7 nitrogen and oxygen atoms in total. The number of ether oxygens (including phenoxy) is 4. The maximum Gasteiger partial charge on any atom is 0.307 e. The highest BCUT2D eigenvalue weighted by atomic mass is 79.9. The van der Waals surface area contributed by atoms with Crippen LogP contribution in [-0.2, 0) is 33.3 Å². The van der Waals surface area contributed by atoms with Crippen molar-refractivity contribution in [3.05, 3.63) is 12.0 Å². The van der Waals surface area contributed by atoms with E-state index in [2.05, 4.69) is 15.9 Å². The molecule has 0 spiro atoms. The van der Waals surface area contributed by atoms with Crippen molar-refractivity contribution < 1.29 is 33.3 Å². The average Bonchev–Trinajstić information content (AvgIpc) is 2.25. The highest BCUT2D eigenvalue weighted by molar-refractivity contribution is 9.09. The van der Waals surface area contributed by atoms with E-state index in [0.29, 0.717) is 0 Å². The van der Waals surface area contributed by atoms with Crippen LogP contribution in [-0.4, -0.2) is 35.1 Å². The Bertz CT molecular complexity index is 417. The summed E-state index contributed by atoms with van der Waals surface area (Å²) in [4.78, 5) is 33.1. The van der Waals surface area contributed by atoms with Crippen molar-refractivity contribution >= 4 is 33.8 Å². The molecule has 0 amide bonds. The lowest BCUT2D eigenvalue weighted by Gasteiger charge is -2.33. The molecule has 1 aliphatic rings. The molecule has 0 N–H and O–H groups in total. The van der Waals surface area contributed by atoms with Crippen LogP contribution in [0, 0.1) is 0 Å². The molecule has 0 saturated heterocycles. The third-order valence-electron chi connectivity index (χ3n) is 2.01. The van der Waals surface area contributed by atoms with E-state index >= 15 is 0 Å². The molecule has 1 heterocycles. The van der Waals surface area contributed by atoms with Gasteiger partial charge < -0.3 is 18.9 Å². The third-order valence-corrected chi connectivity index (χ3v) is 2.74. The number of alkyl halides is 1. The normalized spacial score (nSPS) is 25.7. The van der Waals surface area contributed by atoms with Crippen LogP contribution in [0.25, 0.3) is 0 Å².